The van der Waals surface area contributed by atoms with Crippen LogP contribution in [0.15, 0.2) is 41.5 Å². The highest BCUT2D eigenvalue weighted by molar-refractivity contribution is 5.93. The van der Waals surface area contributed by atoms with E-state index in [4.69, 9.17) is 5.84 Å². The van der Waals surface area contributed by atoms with Gasteiger partial charge in [0.05, 0.1) is 6.54 Å². The quantitative estimate of drug-likeness (QED) is 0.467. The van der Waals surface area contributed by atoms with Crippen molar-refractivity contribution in [3.05, 3.63) is 63.8 Å². The Labute approximate surface area is 109 Å². The maximum absolute atomic E-state index is 11.6. The van der Waals surface area contributed by atoms with Crippen molar-refractivity contribution in [1.29, 1.82) is 0 Å². The van der Waals surface area contributed by atoms with Gasteiger partial charge in [-0.15, -0.1) is 0 Å². The lowest BCUT2D eigenvalue weighted by Gasteiger charge is -2.07. The van der Waals surface area contributed by atoms with E-state index in [2.05, 4.69) is 10.4 Å². The number of carbonyl (C=O) groups is 1. The molecule has 0 fully saturated rings. The van der Waals surface area contributed by atoms with Gasteiger partial charge in [0.25, 0.3) is 5.91 Å². The molecule has 0 bridgehead atoms. The van der Waals surface area contributed by atoms with Crippen LogP contribution in [0.5, 0.6) is 0 Å². The number of benzene rings is 1. The van der Waals surface area contributed by atoms with Gasteiger partial charge in [-0.2, -0.15) is 0 Å². The smallest absolute Gasteiger partial charge is 0.294 e. The lowest BCUT2D eigenvalue weighted by atomic mass is 10.1. The van der Waals surface area contributed by atoms with Crippen LogP contribution in [0.4, 0.5) is 0 Å². The lowest BCUT2D eigenvalue weighted by molar-refractivity contribution is 0.0953. The van der Waals surface area contributed by atoms with Crippen LogP contribution in [-0.4, -0.2) is 15.5 Å². The summed E-state index contributed by atoms with van der Waals surface area (Å²) in [5, 5.41) is 0. The van der Waals surface area contributed by atoms with E-state index in [0.717, 1.165) is 11.1 Å². The number of hydrogen-bond acceptors (Lipinski definition) is 4. The van der Waals surface area contributed by atoms with Gasteiger partial charge in [-0.25, -0.2) is 15.6 Å². The Balaban J connectivity index is 2.31. The Morgan fingerprint density at radius 3 is 3.00 bits per heavy atom. The molecule has 98 valence electrons. The van der Waals surface area contributed by atoms with E-state index < -0.39 is 0 Å². The van der Waals surface area contributed by atoms with Gasteiger partial charge in [-0.1, -0.05) is 12.1 Å². The number of nitrogens with two attached hydrogens (primary N) is 1. The molecule has 1 aromatic carbocycles. The number of nitrogens with zero attached hydrogens (tertiary/aromatic N) is 2. The number of nitrogen functional groups attached to an aromatic ring is 1. The molecule has 0 aliphatic heterocycles. The number of amides is 1. The Hall–Kier alpha value is -2.47. The Morgan fingerprint density at radius 1 is 1.47 bits per heavy atom. The molecule has 1 amide bonds. The molecule has 0 aliphatic carbocycles. The first-order chi connectivity index (χ1) is 9.10. The molecule has 6 heteroatoms. The highest BCUT2D eigenvalue weighted by Gasteiger charge is 2.05. The van der Waals surface area contributed by atoms with Gasteiger partial charge in [0.1, 0.15) is 0 Å². The normalized spacial score (nSPS) is 10.2. The molecule has 19 heavy (non-hydrogen) atoms. The fourth-order valence-corrected chi connectivity index (χ4v) is 1.77. The topological polar surface area (TPSA) is 90.0 Å². The van der Waals surface area contributed by atoms with Crippen molar-refractivity contribution in [2.45, 2.75) is 13.5 Å². The molecule has 2 aromatic rings. The SMILES string of the molecule is Cc1cnc(=O)n(Cc2cccc(C(=O)NN)c2)c1. The summed E-state index contributed by atoms with van der Waals surface area (Å²) in [6.45, 7) is 2.22. The average molecular weight is 258 g/mol. The molecule has 6 nitrogen and oxygen atoms in total. The first kappa shape index (κ1) is 13.0. The number of carbonyl (C=O) groups excluding carboxylic acids is 1. The van der Waals surface area contributed by atoms with Crippen molar-refractivity contribution >= 4 is 5.91 Å². The molecule has 1 heterocycles. The summed E-state index contributed by atoms with van der Waals surface area (Å²) in [6.07, 6.45) is 3.25. The second-order valence-electron chi connectivity index (χ2n) is 4.22. The van der Waals surface area contributed by atoms with Gasteiger partial charge in [0, 0.05) is 18.0 Å². The molecule has 0 radical (unpaired) electrons. The average Bonchev–Trinajstić information content (AvgIpc) is 2.42. The third-order valence-corrected chi connectivity index (χ3v) is 2.66. The summed E-state index contributed by atoms with van der Waals surface area (Å²) < 4.78 is 1.49. The van der Waals surface area contributed by atoms with Crippen molar-refractivity contribution in [3.63, 3.8) is 0 Å². The first-order valence-electron chi connectivity index (χ1n) is 5.73. The fourth-order valence-electron chi connectivity index (χ4n) is 1.77. The van der Waals surface area contributed by atoms with Crippen LogP contribution >= 0.6 is 0 Å². The maximum Gasteiger partial charge on any atom is 0.347 e. The third-order valence-electron chi connectivity index (χ3n) is 2.66. The molecule has 0 unspecified atom stereocenters. The summed E-state index contributed by atoms with van der Waals surface area (Å²) in [7, 11) is 0. The number of nitrogens with one attached hydrogen (secondary N) is 1. The van der Waals surface area contributed by atoms with Crippen molar-refractivity contribution in [2.75, 3.05) is 0 Å². The van der Waals surface area contributed by atoms with Gasteiger partial charge >= 0.3 is 5.69 Å². The van der Waals surface area contributed by atoms with E-state index in [1.165, 1.54) is 10.8 Å². The van der Waals surface area contributed by atoms with Crippen molar-refractivity contribution in [2.24, 2.45) is 5.84 Å². The second kappa shape index (κ2) is 5.45. The van der Waals surface area contributed by atoms with E-state index in [1.54, 1.807) is 24.4 Å². The lowest BCUT2D eigenvalue weighted by Crippen LogP contribution is -2.30. The van der Waals surface area contributed by atoms with Gasteiger partial charge in [-0.3, -0.25) is 14.8 Å². The standard InChI is InChI=1S/C13H14N4O2/c1-9-6-15-13(19)17(7-9)8-10-3-2-4-11(5-10)12(18)16-14/h2-7H,8,14H2,1H3,(H,16,18). The minimum absolute atomic E-state index is 0.320. The molecule has 2 rings (SSSR count). The van der Waals surface area contributed by atoms with E-state index >= 15 is 0 Å². The molecule has 1 aromatic heterocycles. The fraction of sp³-hybridized carbons (Fsp3) is 0.154. The predicted molar refractivity (Wildman–Crippen MR) is 70.4 cm³/mol. The monoisotopic (exact) mass is 258 g/mol. The highest BCUT2D eigenvalue weighted by Crippen LogP contribution is 2.06. The number of aromatic nitrogens is 2. The van der Waals surface area contributed by atoms with Crippen LogP contribution < -0.4 is 17.0 Å². The largest absolute Gasteiger partial charge is 0.347 e. The van der Waals surface area contributed by atoms with Gasteiger partial charge in [-0.05, 0) is 30.2 Å². The summed E-state index contributed by atoms with van der Waals surface area (Å²) >= 11 is 0. The van der Waals surface area contributed by atoms with Gasteiger partial charge < -0.3 is 0 Å². The van der Waals surface area contributed by atoms with Crippen LogP contribution in [0.25, 0.3) is 0 Å². The highest BCUT2D eigenvalue weighted by atomic mass is 16.2. The van der Waals surface area contributed by atoms with Crippen LogP contribution in [0, 0.1) is 6.92 Å². The zero-order chi connectivity index (χ0) is 13.8. The zero-order valence-corrected chi connectivity index (χ0v) is 10.5. The van der Waals surface area contributed by atoms with Gasteiger partial charge in [0.2, 0.25) is 0 Å². The third kappa shape index (κ3) is 3.05. The molecule has 3 N–H and O–H groups in total. The van der Waals surface area contributed by atoms with E-state index in [0.29, 0.717) is 12.1 Å². The van der Waals surface area contributed by atoms with Gasteiger partial charge in [0.15, 0.2) is 0 Å². The summed E-state index contributed by atoms with van der Waals surface area (Å²) in [5.74, 6) is 4.72. The number of hydrazine groups is 1. The van der Waals surface area contributed by atoms with Crippen molar-refractivity contribution < 1.29 is 4.79 Å². The number of hydrogen-bond donors (Lipinski definition) is 2. The Morgan fingerprint density at radius 2 is 2.26 bits per heavy atom. The second-order valence-corrected chi connectivity index (χ2v) is 4.22. The van der Waals surface area contributed by atoms with E-state index in [-0.39, 0.29) is 11.6 Å². The van der Waals surface area contributed by atoms with E-state index in [1.807, 2.05) is 13.0 Å². The molecule has 0 atom stereocenters. The van der Waals surface area contributed by atoms with Crippen LogP contribution in [0.1, 0.15) is 21.5 Å². The van der Waals surface area contributed by atoms with Crippen LogP contribution in [-0.2, 0) is 6.54 Å². The molecular formula is C13H14N4O2. The molecule has 0 saturated carbocycles. The summed E-state index contributed by atoms with van der Waals surface area (Å²) in [5.41, 5.74) is 3.93. The molecule has 0 saturated heterocycles. The maximum atomic E-state index is 11.6. The van der Waals surface area contributed by atoms with Crippen molar-refractivity contribution in [1.82, 2.24) is 15.0 Å². The minimum atomic E-state index is -0.364. The number of rotatable bonds is 3. The Bertz CT molecular complexity index is 664. The summed E-state index contributed by atoms with van der Waals surface area (Å²) in [4.78, 5) is 26.8. The van der Waals surface area contributed by atoms with E-state index in [9.17, 15) is 9.59 Å². The predicted octanol–water partition coefficient (Wildman–Crippen LogP) is 0.204. The molecule has 0 aliphatic rings. The molecule has 0 spiro atoms. The zero-order valence-electron chi connectivity index (χ0n) is 10.5. The van der Waals surface area contributed by atoms with Crippen LogP contribution in [0.2, 0.25) is 0 Å². The van der Waals surface area contributed by atoms with Crippen molar-refractivity contribution in [3.8, 4) is 0 Å². The first-order valence-corrected chi connectivity index (χ1v) is 5.73. The Kier molecular flexibility index (Phi) is 3.72. The minimum Gasteiger partial charge on any atom is -0.294 e. The van der Waals surface area contributed by atoms with Crippen LogP contribution in [0.3, 0.4) is 0 Å². The summed E-state index contributed by atoms with van der Waals surface area (Å²) in [6, 6.07) is 6.93. The molecular weight excluding hydrogens is 244 g/mol. The number of aryl methyl sites for hydroxylation is 1.